The molecule has 110 valence electrons. The van der Waals surface area contributed by atoms with Crippen LogP contribution >= 0.6 is 11.8 Å². The number of hydrogen-bond acceptors (Lipinski definition) is 2. The third kappa shape index (κ3) is 2.51. The fraction of sp³-hybridized carbons (Fsp3) is 0.882. The number of allylic oxidation sites excluding steroid dienone is 1. The second kappa shape index (κ2) is 5.81. The fourth-order valence-electron chi connectivity index (χ4n) is 4.67. The zero-order valence-corrected chi connectivity index (χ0v) is 13.6. The van der Waals surface area contributed by atoms with E-state index in [4.69, 9.17) is 0 Å². The van der Waals surface area contributed by atoms with Crippen LogP contribution in [-0.4, -0.2) is 21.7 Å². The number of thioether (sulfide) groups is 1. The second-order valence-corrected chi connectivity index (χ2v) is 8.35. The highest BCUT2D eigenvalue weighted by Gasteiger charge is 2.58. The van der Waals surface area contributed by atoms with Gasteiger partial charge in [0.15, 0.2) is 0 Å². The standard InChI is InChI=1S/C17H30OS/c1-5-10-16(4)13(3)12-15(19-6-2)17(18)11-8-7-9-14(16)17/h5,13-15,18H,1,6-12H2,2-4H3/t13-,14-,15+,16+,17-/m0/s1. The van der Waals surface area contributed by atoms with Gasteiger partial charge in [-0.3, -0.25) is 0 Å². The molecule has 2 aliphatic rings. The van der Waals surface area contributed by atoms with E-state index in [1.54, 1.807) is 0 Å². The van der Waals surface area contributed by atoms with E-state index in [2.05, 4.69) is 33.4 Å². The number of rotatable bonds is 4. The molecule has 0 amide bonds. The number of hydrogen-bond donors (Lipinski definition) is 1. The molecule has 0 unspecified atom stereocenters. The summed E-state index contributed by atoms with van der Waals surface area (Å²) in [5, 5.41) is 11.8. The van der Waals surface area contributed by atoms with Crippen LogP contribution in [0.5, 0.6) is 0 Å². The van der Waals surface area contributed by atoms with Crippen molar-refractivity contribution in [3.63, 3.8) is 0 Å². The van der Waals surface area contributed by atoms with Gasteiger partial charge in [0, 0.05) is 5.25 Å². The van der Waals surface area contributed by atoms with Crippen molar-refractivity contribution in [1.82, 2.24) is 0 Å². The molecule has 0 radical (unpaired) electrons. The SMILES string of the molecule is C=CC[C@]1(C)[C@@H](C)C[C@@H](SCC)[C@]2(O)CCCC[C@@H]12. The maximum atomic E-state index is 11.4. The van der Waals surface area contributed by atoms with Crippen LogP contribution in [0.25, 0.3) is 0 Å². The quantitative estimate of drug-likeness (QED) is 0.757. The van der Waals surface area contributed by atoms with Crippen LogP contribution in [0.2, 0.25) is 0 Å². The third-order valence-electron chi connectivity index (χ3n) is 5.92. The predicted octanol–water partition coefficient (Wildman–Crippen LogP) is 4.65. The molecule has 0 heterocycles. The van der Waals surface area contributed by atoms with Crippen molar-refractivity contribution in [2.24, 2.45) is 17.3 Å². The topological polar surface area (TPSA) is 20.2 Å². The van der Waals surface area contributed by atoms with Crippen LogP contribution in [0.3, 0.4) is 0 Å². The molecule has 0 spiro atoms. The minimum absolute atomic E-state index is 0.238. The summed E-state index contributed by atoms with van der Waals surface area (Å²) in [4.78, 5) is 0. The van der Waals surface area contributed by atoms with Gasteiger partial charge in [0.2, 0.25) is 0 Å². The summed E-state index contributed by atoms with van der Waals surface area (Å²) in [6, 6.07) is 0. The van der Waals surface area contributed by atoms with Gasteiger partial charge < -0.3 is 5.11 Å². The van der Waals surface area contributed by atoms with E-state index in [9.17, 15) is 5.11 Å². The van der Waals surface area contributed by atoms with Gasteiger partial charge in [0.25, 0.3) is 0 Å². The van der Waals surface area contributed by atoms with Crippen LogP contribution in [0, 0.1) is 17.3 Å². The Morgan fingerprint density at radius 1 is 1.42 bits per heavy atom. The normalized spacial score (nSPS) is 46.6. The molecule has 0 aromatic carbocycles. The van der Waals surface area contributed by atoms with Gasteiger partial charge in [-0.15, -0.1) is 6.58 Å². The molecule has 0 aromatic rings. The molecule has 5 atom stereocenters. The highest BCUT2D eigenvalue weighted by Crippen LogP contribution is 2.59. The summed E-state index contributed by atoms with van der Waals surface area (Å²) in [6.45, 7) is 11.0. The van der Waals surface area contributed by atoms with Crippen molar-refractivity contribution < 1.29 is 5.11 Å². The Labute approximate surface area is 123 Å². The van der Waals surface area contributed by atoms with Crippen LogP contribution in [-0.2, 0) is 0 Å². The van der Waals surface area contributed by atoms with E-state index in [1.807, 2.05) is 11.8 Å². The molecule has 19 heavy (non-hydrogen) atoms. The molecule has 2 fully saturated rings. The second-order valence-electron chi connectivity index (χ2n) is 6.87. The molecule has 0 aliphatic heterocycles. The minimum Gasteiger partial charge on any atom is -0.388 e. The Hall–Kier alpha value is 0.0500. The van der Waals surface area contributed by atoms with Crippen LogP contribution < -0.4 is 0 Å². The largest absolute Gasteiger partial charge is 0.388 e. The third-order valence-corrected chi connectivity index (χ3v) is 7.26. The summed E-state index contributed by atoms with van der Waals surface area (Å²) in [5.74, 6) is 2.25. The Morgan fingerprint density at radius 2 is 2.16 bits per heavy atom. The van der Waals surface area contributed by atoms with Gasteiger partial charge >= 0.3 is 0 Å². The first-order chi connectivity index (χ1) is 8.99. The van der Waals surface area contributed by atoms with Gasteiger partial charge in [0.05, 0.1) is 5.60 Å². The molecular weight excluding hydrogens is 252 g/mol. The van der Waals surface area contributed by atoms with Gasteiger partial charge in [0.1, 0.15) is 0 Å². The molecule has 2 aliphatic carbocycles. The van der Waals surface area contributed by atoms with Gasteiger partial charge in [-0.2, -0.15) is 11.8 Å². The molecular formula is C17H30OS. The molecule has 0 saturated heterocycles. The molecule has 2 rings (SSSR count). The monoisotopic (exact) mass is 282 g/mol. The van der Waals surface area contributed by atoms with Crippen molar-refractivity contribution in [1.29, 1.82) is 0 Å². The Balaban J connectivity index is 2.33. The van der Waals surface area contributed by atoms with Gasteiger partial charge in [-0.25, -0.2) is 0 Å². The lowest BCUT2D eigenvalue weighted by Gasteiger charge is -2.59. The Morgan fingerprint density at radius 3 is 2.79 bits per heavy atom. The lowest BCUT2D eigenvalue weighted by Crippen LogP contribution is -2.61. The van der Waals surface area contributed by atoms with Crippen LogP contribution in [0.4, 0.5) is 0 Å². The highest BCUT2D eigenvalue weighted by atomic mass is 32.2. The first-order valence-electron chi connectivity index (χ1n) is 7.94. The molecule has 2 saturated carbocycles. The molecule has 1 nitrogen and oxygen atoms in total. The van der Waals surface area contributed by atoms with Gasteiger partial charge in [-0.05, 0) is 48.7 Å². The summed E-state index contributed by atoms with van der Waals surface area (Å²) < 4.78 is 0. The zero-order chi connectivity index (χ0) is 14.1. The fourth-order valence-corrected chi connectivity index (χ4v) is 6.07. The van der Waals surface area contributed by atoms with E-state index in [0.29, 0.717) is 17.1 Å². The number of aliphatic hydroxyl groups is 1. The Kier molecular flexibility index (Phi) is 4.72. The van der Waals surface area contributed by atoms with E-state index in [1.165, 1.54) is 19.3 Å². The maximum absolute atomic E-state index is 11.4. The summed E-state index contributed by atoms with van der Waals surface area (Å²) in [7, 11) is 0. The van der Waals surface area contributed by atoms with Crippen LogP contribution in [0.15, 0.2) is 12.7 Å². The number of fused-ring (bicyclic) bond motifs is 1. The van der Waals surface area contributed by atoms with E-state index in [-0.39, 0.29) is 5.41 Å². The minimum atomic E-state index is -0.427. The summed E-state index contributed by atoms with van der Waals surface area (Å²) in [6.07, 6.45) is 8.97. The van der Waals surface area contributed by atoms with Crippen molar-refractivity contribution in [3.05, 3.63) is 12.7 Å². The zero-order valence-electron chi connectivity index (χ0n) is 12.8. The van der Waals surface area contributed by atoms with Gasteiger partial charge in [-0.1, -0.05) is 39.7 Å². The summed E-state index contributed by atoms with van der Waals surface area (Å²) in [5.41, 5.74) is -0.190. The van der Waals surface area contributed by atoms with E-state index in [0.717, 1.165) is 25.0 Å². The lowest BCUT2D eigenvalue weighted by molar-refractivity contribution is -0.145. The van der Waals surface area contributed by atoms with Crippen molar-refractivity contribution in [2.45, 2.75) is 70.1 Å². The maximum Gasteiger partial charge on any atom is 0.0799 e. The molecule has 0 bridgehead atoms. The van der Waals surface area contributed by atoms with Crippen LogP contribution in [0.1, 0.15) is 59.3 Å². The molecule has 0 aromatic heterocycles. The first-order valence-corrected chi connectivity index (χ1v) is 8.98. The molecule has 2 heteroatoms. The van der Waals surface area contributed by atoms with Crippen molar-refractivity contribution in [3.8, 4) is 0 Å². The molecule has 1 N–H and O–H groups in total. The summed E-state index contributed by atoms with van der Waals surface area (Å²) >= 11 is 1.98. The predicted molar refractivity (Wildman–Crippen MR) is 85.5 cm³/mol. The van der Waals surface area contributed by atoms with E-state index >= 15 is 0 Å². The highest BCUT2D eigenvalue weighted by molar-refractivity contribution is 7.99. The lowest BCUT2D eigenvalue weighted by atomic mass is 9.51. The smallest absolute Gasteiger partial charge is 0.0799 e. The average molecular weight is 282 g/mol. The van der Waals surface area contributed by atoms with Crippen molar-refractivity contribution in [2.75, 3.05) is 5.75 Å². The average Bonchev–Trinajstić information content (AvgIpc) is 2.37. The first kappa shape index (κ1) is 15.4. The Bertz CT molecular complexity index is 329. The van der Waals surface area contributed by atoms with Crippen molar-refractivity contribution >= 4 is 11.8 Å². The van der Waals surface area contributed by atoms with E-state index < -0.39 is 5.60 Å².